The van der Waals surface area contributed by atoms with Crippen molar-refractivity contribution < 1.29 is 27.1 Å². The minimum absolute atomic E-state index is 0.00725. The average molecular weight is 604 g/mol. The summed E-state index contributed by atoms with van der Waals surface area (Å²) in [7, 11) is -2.72. The Morgan fingerprint density at radius 1 is 0.860 bits per heavy atom. The van der Waals surface area contributed by atoms with Crippen LogP contribution in [0, 0.1) is 5.82 Å². The largest absolute Gasteiger partial charge is 0.497 e. The number of carbonyl (C=O) groups is 2. The molecule has 4 aromatic rings. The maximum Gasteiger partial charge on any atom is 0.264 e. The van der Waals surface area contributed by atoms with Gasteiger partial charge < -0.3 is 15.0 Å². The molecule has 0 saturated carbocycles. The van der Waals surface area contributed by atoms with E-state index >= 15 is 0 Å². The number of ether oxygens (including phenoxy) is 1. The molecule has 224 valence electrons. The summed E-state index contributed by atoms with van der Waals surface area (Å²) in [6, 6.07) is 28.0. The molecule has 0 aliphatic rings. The number of methoxy groups -OCH3 is 1. The molecule has 1 unspecified atom stereocenters. The van der Waals surface area contributed by atoms with E-state index in [1.165, 1.54) is 36.3 Å². The Kier molecular flexibility index (Phi) is 10.5. The van der Waals surface area contributed by atoms with Gasteiger partial charge in [-0.1, -0.05) is 60.7 Å². The monoisotopic (exact) mass is 603 g/mol. The van der Waals surface area contributed by atoms with Gasteiger partial charge >= 0.3 is 0 Å². The average Bonchev–Trinajstić information content (AvgIpc) is 3.03. The Morgan fingerprint density at radius 3 is 2.12 bits per heavy atom. The van der Waals surface area contributed by atoms with Crippen molar-refractivity contribution in [3.8, 4) is 5.75 Å². The van der Waals surface area contributed by atoms with Gasteiger partial charge in [-0.15, -0.1) is 0 Å². The zero-order valence-corrected chi connectivity index (χ0v) is 24.8. The van der Waals surface area contributed by atoms with Gasteiger partial charge in [-0.2, -0.15) is 0 Å². The van der Waals surface area contributed by atoms with E-state index in [4.69, 9.17) is 4.74 Å². The predicted molar refractivity (Wildman–Crippen MR) is 164 cm³/mol. The van der Waals surface area contributed by atoms with E-state index in [0.29, 0.717) is 17.9 Å². The van der Waals surface area contributed by atoms with Crippen LogP contribution in [0.25, 0.3) is 0 Å². The van der Waals surface area contributed by atoms with Crippen molar-refractivity contribution in [2.24, 2.45) is 0 Å². The van der Waals surface area contributed by atoms with Gasteiger partial charge in [0.25, 0.3) is 10.0 Å². The second-order valence-electron chi connectivity index (χ2n) is 9.77. The highest BCUT2D eigenvalue weighted by Crippen LogP contribution is 2.25. The first-order chi connectivity index (χ1) is 20.7. The first-order valence-corrected chi connectivity index (χ1v) is 15.2. The third kappa shape index (κ3) is 7.98. The van der Waals surface area contributed by atoms with Gasteiger partial charge in [-0.05, 0) is 66.6 Å². The lowest BCUT2D eigenvalue weighted by Gasteiger charge is -2.34. The summed E-state index contributed by atoms with van der Waals surface area (Å²) in [6.07, 6.45) is 0.199. The zero-order chi connectivity index (χ0) is 30.8. The van der Waals surface area contributed by atoms with Gasteiger partial charge in [-0.3, -0.25) is 13.9 Å². The number of hydrogen-bond donors (Lipinski definition) is 1. The van der Waals surface area contributed by atoms with Crippen LogP contribution in [0.1, 0.15) is 18.1 Å². The van der Waals surface area contributed by atoms with Crippen LogP contribution in [-0.4, -0.2) is 51.4 Å². The summed E-state index contributed by atoms with van der Waals surface area (Å²) in [4.78, 5) is 29.2. The molecule has 0 fully saturated rings. The molecule has 1 atom stereocenters. The van der Waals surface area contributed by atoms with Gasteiger partial charge in [0.1, 0.15) is 24.2 Å². The molecule has 0 aliphatic carbocycles. The third-order valence-corrected chi connectivity index (χ3v) is 8.62. The Balaban J connectivity index is 1.79. The number of amides is 2. The number of rotatable bonds is 13. The molecule has 0 radical (unpaired) electrons. The molecule has 10 heteroatoms. The van der Waals surface area contributed by atoms with Gasteiger partial charge in [0.05, 0.1) is 17.7 Å². The lowest BCUT2D eigenvalue weighted by Crippen LogP contribution is -2.53. The van der Waals surface area contributed by atoms with Crippen molar-refractivity contribution in [1.82, 2.24) is 10.2 Å². The first-order valence-electron chi connectivity index (χ1n) is 13.8. The summed E-state index contributed by atoms with van der Waals surface area (Å²) >= 11 is 0. The minimum atomic E-state index is -4.25. The van der Waals surface area contributed by atoms with Crippen LogP contribution >= 0.6 is 0 Å². The van der Waals surface area contributed by atoms with Gasteiger partial charge in [0, 0.05) is 19.5 Å². The lowest BCUT2D eigenvalue weighted by molar-refractivity contribution is -0.140. The van der Waals surface area contributed by atoms with E-state index in [-0.39, 0.29) is 29.5 Å². The summed E-state index contributed by atoms with van der Waals surface area (Å²) in [5.74, 6) is -0.964. The van der Waals surface area contributed by atoms with Crippen LogP contribution in [0.15, 0.2) is 114 Å². The van der Waals surface area contributed by atoms with E-state index in [1.807, 2.05) is 30.3 Å². The summed E-state index contributed by atoms with van der Waals surface area (Å²) in [5, 5.41) is 2.83. The van der Waals surface area contributed by atoms with Crippen LogP contribution < -0.4 is 14.4 Å². The fourth-order valence-corrected chi connectivity index (χ4v) is 6.10. The fourth-order valence-electron chi connectivity index (χ4n) is 4.67. The number of likely N-dealkylation sites (N-methyl/N-ethyl adjacent to an activating group) is 1. The number of nitrogens with zero attached hydrogens (tertiary/aromatic N) is 2. The van der Waals surface area contributed by atoms with Crippen LogP contribution in [-0.2, 0) is 32.6 Å². The molecule has 0 aliphatic heterocycles. The second kappa shape index (κ2) is 14.5. The number of hydrogen-bond acceptors (Lipinski definition) is 5. The van der Waals surface area contributed by atoms with Crippen molar-refractivity contribution in [3.05, 3.63) is 126 Å². The highest BCUT2D eigenvalue weighted by molar-refractivity contribution is 7.92. The number of benzene rings is 4. The molecule has 4 rings (SSSR count). The molecule has 2 amide bonds. The van der Waals surface area contributed by atoms with Gasteiger partial charge in [0.2, 0.25) is 11.8 Å². The summed E-state index contributed by atoms with van der Waals surface area (Å²) in [5.41, 5.74) is 1.63. The van der Waals surface area contributed by atoms with E-state index in [9.17, 15) is 22.4 Å². The molecule has 0 saturated heterocycles. The molecule has 0 aromatic heterocycles. The van der Waals surface area contributed by atoms with Crippen LogP contribution in [0.5, 0.6) is 5.75 Å². The molecular weight excluding hydrogens is 569 g/mol. The van der Waals surface area contributed by atoms with E-state index in [1.54, 1.807) is 49.4 Å². The van der Waals surface area contributed by atoms with E-state index in [2.05, 4.69) is 5.32 Å². The van der Waals surface area contributed by atoms with Crippen LogP contribution in [0.2, 0.25) is 0 Å². The Bertz CT molecular complexity index is 1620. The minimum Gasteiger partial charge on any atom is -0.497 e. The first kappa shape index (κ1) is 31.2. The maximum absolute atomic E-state index is 14.3. The van der Waals surface area contributed by atoms with Crippen LogP contribution in [0.3, 0.4) is 0 Å². The van der Waals surface area contributed by atoms with Crippen molar-refractivity contribution in [2.75, 3.05) is 24.5 Å². The number of nitrogens with one attached hydrogen (secondary N) is 1. The SMILES string of the molecule is CCNC(=O)C(Cc1ccccc1)N(Cc1cccc(OC)c1)C(=O)CN(c1ccc(F)cc1)S(=O)(=O)c1ccccc1. The van der Waals surface area contributed by atoms with Crippen molar-refractivity contribution in [1.29, 1.82) is 0 Å². The highest BCUT2D eigenvalue weighted by atomic mass is 32.2. The standard InChI is InChI=1S/C33H34FN3O5S/c1-3-35-33(39)31(22-25-11-6-4-7-12-25)36(23-26-13-10-14-29(21-26)42-2)32(38)24-37(28-19-17-27(34)18-20-28)43(40,41)30-15-8-5-9-16-30/h4-21,31H,3,22-24H2,1-2H3,(H,35,39). The Morgan fingerprint density at radius 2 is 1.49 bits per heavy atom. The van der Waals surface area contributed by atoms with Crippen molar-refractivity contribution in [2.45, 2.75) is 30.8 Å². The number of sulfonamides is 1. The zero-order valence-electron chi connectivity index (χ0n) is 24.0. The topological polar surface area (TPSA) is 96.0 Å². The van der Waals surface area contributed by atoms with Crippen molar-refractivity contribution >= 4 is 27.5 Å². The van der Waals surface area contributed by atoms with Crippen molar-refractivity contribution in [3.63, 3.8) is 0 Å². The predicted octanol–water partition coefficient (Wildman–Crippen LogP) is 4.81. The molecule has 43 heavy (non-hydrogen) atoms. The molecule has 1 N–H and O–H groups in total. The molecular formula is C33H34FN3O5S. The smallest absolute Gasteiger partial charge is 0.264 e. The van der Waals surface area contributed by atoms with E-state index < -0.39 is 34.3 Å². The van der Waals surface area contributed by atoms with Gasteiger partial charge in [-0.25, -0.2) is 12.8 Å². The summed E-state index contributed by atoms with van der Waals surface area (Å²) in [6.45, 7) is 1.51. The van der Waals surface area contributed by atoms with E-state index in [0.717, 1.165) is 22.0 Å². The third-order valence-electron chi connectivity index (χ3n) is 6.83. The molecule has 0 heterocycles. The molecule has 0 spiro atoms. The quantitative estimate of drug-likeness (QED) is 0.237. The maximum atomic E-state index is 14.3. The normalized spacial score (nSPS) is 11.8. The van der Waals surface area contributed by atoms with Gasteiger partial charge in [0.15, 0.2) is 0 Å². The molecule has 4 aromatic carbocycles. The van der Waals surface area contributed by atoms with Crippen LogP contribution in [0.4, 0.5) is 10.1 Å². The lowest BCUT2D eigenvalue weighted by atomic mass is 10.0. The fraction of sp³-hybridized carbons (Fsp3) is 0.212. The number of carbonyl (C=O) groups excluding carboxylic acids is 2. The Hall–Kier alpha value is -4.70. The number of anilines is 1. The summed E-state index contributed by atoms with van der Waals surface area (Å²) < 4.78 is 47.9. The highest BCUT2D eigenvalue weighted by Gasteiger charge is 2.34. The molecule has 8 nitrogen and oxygen atoms in total. The second-order valence-corrected chi connectivity index (χ2v) is 11.6. The molecule has 0 bridgehead atoms. The Labute approximate surface area is 251 Å². The number of halogens is 1.